The first-order valence-electron chi connectivity index (χ1n) is 13.0. The van der Waals surface area contributed by atoms with Crippen molar-refractivity contribution in [1.29, 1.82) is 0 Å². The highest BCUT2D eigenvalue weighted by atomic mass is 32.2. The average molecular weight is 795 g/mol. The van der Waals surface area contributed by atoms with Gasteiger partial charge in [-0.2, -0.15) is 35.6 Å². The van der Waals surface area contributed by atoms with Gasteiger partial charge in [-0.05, 0) is 36.4 Å². The Morgan fingerprint density at radius 1 is 0.765 bits per heavy atom. The molecule has 272 valence electrons. The Labute approximate surface area is 289 Å². The third-order valence-corrected chi connectivity index (χ3v) is 9.70. The lowest BCUT2D eigenvalue weighted by atomic mass is 10.3. The smallest absolute Gasteiger partial charge is 0.313 e. The molecule has 0 saturated carbocycles. The molecule has 0 saturated heterocycles. The number of nitrogens with one attached hydrogen (secondary N) is 1. The Balaban J connectivity index is 1.66. The fourth-order valence-corrected chi connectivity index (χ4v) is 6.46. The van der Waals surface area contributed by atoms with Crippen LogP contribution in [0.25, 0.3) is 0 Å². The first kappa shape index (κ1) is 38.9. The zero-order chi connectivity index (χ0) is 37.6. The van der Waals surface area contributed by atoms with Crippen molar-refractivity contribution < 1.29 is 62.0 Å². The fourth-order valence-electron chi connectivity index (χ4n) is 3.70. The summed E-state index contributed by atoms with van der Waals surface area (Å²) in [7, 11) is -14.2. The van der Waals surface area contributed by atoms with E-state index in [-0.39, 0.29) is 46.8 Å². The second-order valence-electron chi connectivity index (χ2n) is 9.28. The molecule has 0 aliphatic rings. The van der Waals surface area contributed by atoms with E-state index < -0.39 is 80.5 Å². The van der Waals surface area contributed by atoms with Crippen LogP contribution < -0.4 is 16.8 Å². The van der Waals surface area contributed by atoms with Crippen molar-refractivity contribution in [3.8, 4) is 0 Å². The predicted octanol–water partition coefficient (Wildman–Crippen LogP) is 4.16. The summed E-state index contributed by atoms with van der Waals surface area (Å²) in [5.41, 5.74) is 9.98. The number of halogens is 2. The van der Waals surface area contributed by atoms with E-state index in [1.165, 1.54) is 0 Å². The number of rotatable bonds is 15. The molecule has 2 heterocycles. The number of benzene rings is 2. The summed E-state index contributed by atoms with van der Waals surface area (Å²) in [6, 6.07) is 7.25. The van der Waals surface area contributed by atoms with Crippen LogP contribution in [0.2, 0.25) is 0 Å². The van der Waals surface area contributed by atoms with Crippen LogP contribution in [0.4, 0.5) is 54.7 Å². The van der Waals surface area contributed by atoms with Crippen LogP contribution in [0.5, 0.6) is 0 Å². The number of nitrogens with zero attached hydrogens (tertiary/aromatic N) is 7. The summed E-state index contributed by atoms with van der Waals surface area (Å²) in [5.74, 6) is -3.03. The fraction of sp³-hybridized carbons (Fsp3) is 0.0870. The minimum absolute atomic E-state index is 0.0183. The minimum Gasteiger partial charge on any atom is -0.382 e. The van der Waals surface area contributed by atoms with Gasteiger partial charge in [0.1, 0.15) is 38.4 Å². The summed E-state index contributed by atoms with van der Waals surface area (Å²) in [5, 5.41) is 28.9. The molecule has 0 amide bonds. The van der Waals surface area contributed by atoms with Crippen molar-refractivity contribution >= 4 is 88.3 Å². The van der Waals surface area contributed by atoms with Crippen molar-refractivity contribution in [3.05, 3.63) is 60.6 Å². The van der Waals surface area contributed by atoms with Gasteiger partial charge in [-0.15, -0.1) is 24.8 Å². The molecule has 0 bridgehead atoms. The maximum Gasteiger partial charge on any atom is 0.313 e. The molecule has 0 radical (unpaired) electrons. The van der Waals surface area contributed by atoms with Gasteiger partial charge in [0.15, 0.2) is 33.8 Å². The van der Waals surface area contributed by atoms with Crippen LogP contribution in [0.15, 0.2) is 83.7 Å². The average Bonchev–Trinajstić information content (AvgIpc) is 3.02. The zero-order valence-corrected chi connectivity index (χ0v) is 28.0. The van der Waals surface area contributed by atoms with Crippen LogP contribution in [0.3, 0.4) is 0 Å². The number of hydrogen-bond acceptors (Lipinski definition) is 21. The number of hydrogen-bond donors (Lipinski definition) is 6. The first-order valence-corrected chi connectivity index (χ1v) is 18.2. The number of azo groups is 2. The Hall–Kier alpha value is -4.91. The van der Waals surface area contributed by atoms with Gasteiger partial charge in [-0.25, -0.2) is 18.7 Å². The molecule has 8 N–H and O–H groups in total. The van der Waals surface area contributed by atoms with Crippen LogP contribution in [0, 0.1) is 12.0 Å². The molecule has 0 unspecified atom stereocenters. The van der Waals surface area contributed by atoms with E-state index in [0.29, 0.717) is 6.07 Å². The Kier molecular flexibility index (Phi) is 12.2. The van der Waals surface area contributed by atoms with E-state index in [9.17, 15) is 43.1 Å². The molecule has 0 atom stereocenters. The summed E-state index contributed by atoms with van der Waals surface area (Å²) in [6.45, 7) is -0.493. The van der Waals surface area contributed by atoms with Gasteiger partial charge < -0.3 is 16.8 Å². The molecule has 0 aliphatic heterocycles. The number of sulfone groups is 1. The second-order valence-corrected chi connectivity index (χ2v) is 14.7. The normalized spacial score (nSPS) is 12.6. The zero-order valence-electron chi connectivity index (χ0n) is 24.7. The van der Waals surface area contributed by atoms with E-state index in [1.54, 1.807) is 0 Å². The molecule has 0 aliphatic carbocycles. The van der Waals surface area contributed by atoms with Gasteiger partial charge in [0.05, 0.1) is 17.3 Å². The van der Waals surface area contributed by atoms with Crippen molar-refractivity contribution in [2.45, 2.75) is 14.7 Å². The quantitative estimate of drug-likeness (QED) is 0.0144. The lowest BCUT2D eigenvalue weighted by Crippen LogP contribution is -2.12. The second kappa shape index (κ2) is 16.0. The van der Waals surface area contributed by atoms with E-state index in [1.807, 2.05) is 0 Å². The van der Waals surface area contributed by atoms with Gasteiger partial charge in [-0.3, -0.25) is 13.3 Å². The number of pyridine rings is 1. The molecule has 0 fully saturated rings. The maximum atomic E-state index is 13.5. The number of nitrogen functional groups attached to an aromatic ring is 2. The summed E-state index contributed by atoms with van der Waals surface area (Å²) < 4.78 is 128. The molecule has 28 heteroatoms. The Morgan fingerprint density at radius 2 is 1.39 bits per heavy atom. The van der Waals surface area contributed by atoms with Crippen LogP contribution in [-0.2, 0) is 43.6 Å². The molecule has 22 nitrogen and oxygen atoms in total. The third-order valence-electron chi connectivity index (χ3n) is 5.86. The lowest BCUT2D eigenvalue weighted by Gasteiger charge is -2.09. The van der Waals surface area contributed by atoms with Gasteiger partial charge in [0.2, 0.25) is 5.95 Å². The van der Waals surface area contributed by atoms with Gasteiger partial charge in [0.25, 0.3) is 20.2 Å². The largest absolute Gasteiger partial charge is 0.382 e. The monoisotopic (exact) mass is 794 g/mol. The molecule has 0 spiro atoms. The lowest BCUT2D eigenvalue weighted by molar-refractivity contribution is -0.434. The van der Waals surface area contributed by atoms with Crippen LogP contribution in [-0.4, -0.2) is 66.9 Å². The standard InChI is InChI=1S/C23H20F2N10O12S4/c24-19-10-20(30-23(25)29-19)28-11-1-4-17(50(39,40)41)14(7-11)33-35-16-9-15(21(26)31-22(16)27)34-32-13-3-2-12(8-18(13)51(42,43)44)49(37,38)6-5-45-48-47-46-36/h1-4,7-10,36H,5-6H2,(H4,26,27,31)(H,28,29,30)(H,39,40,41)(H,42,43,44). The SMILES string of the molecule is Nc1nc(N)c(N=Nc2ccc(S(=O)(=O)CCOSOOO)cc2S(=O)(=O)O)cc1N=Nc1cc(Nc2cc(F)nc(F)n2)ccc1S(=O)(=O)O. The predicted molar refractivity (Wildman–Crippen MR) is 170 cm³/mol. The van der Waals surface area contributed by atoms with Gasteiger partial charge >= 0.3 is 6.08 Å². The van der Waals surface area contributed by atoms with Crippen molar-refractivity contribution in [2.75, 3.05) is 29.1 Å². The molecule has 2 aromatic carbocycles. The molecule has 51 heavy (non-hydrogen) atoms. The number of anilines is 4. The topological polar surface area (TPSA) is 343 Å². The highest BCUT2D eigenvalue weighted by Crippen LogP contribution is 2.36. The van der Waals surface area contributed by atoms with Gasteiger partial charge in [0, 0.05) is 17.8 Å². The van der Waals surface area contributed by atoms with E-state index >= 15 is 0 Å². The van der Waals surface area contributed by atoms with Crippen LogP contribution in [0.1, 0.15) is 0 Å². The Morgan fingerprint density at radius 3 is 2.00 bits per heavy atom. The summed E-state index contributed by atoms with van der Waals surface area (Å²) in [6.07, 6.45) is -1.40. The summed E-state index contributed by atoms with van der Waals surface area (Å²) >= 11 is 0.114. The Bertz CT molecular complexity index is 2330. The van der Waals surface area contributed by atoms with Crippen molar-refractivity contribution in [3.63, 3.8) is 0 Å². The van der Waals surface area contributed by atoms with Crippen LogP contribution >= 0.6 is 12.3 Å². The molecule has 4 aromatic rings. The highest BCUT2D eigenvalue weighted by Gasteiger charge is 2.23. The van der Waals surface area contributed by atoms with Crippen molar-refractivity contribution in [2.24, 2.45) is 20.5 Å². The minimum atomic E-state index is -5.10. The summed E-state index contributed by atoms with van der Waals surface area (Å²) in [4.78, 5) is 7.73. The van der Waals surface area contributed by atoms with E-state index in [2.05, 4.69) is 54.3 Å². The molecule has 2 aromatic heterocycles. The van der Waals surface area contributed by atoms with E-state index in [0.717, 1.165) is 42.5 Å². The third kappa shape index (κ3) is 10.5. The molecular formula is C23H20F2N10O12S4. The van der Waals surface area contributed by atoms with E-state index in [4.69, 9.17) is 16.7 Å². The van der Waals surface area contributed by atoms with Gasteiger partial charge in [-0.1, -0.05) is 5.04 Å². The first-order chi connectivity index (χ1) is 23.9. The molecular weight excluding hydrogens is 775 g/mol. The van der Waals surface area contributed by atoms with Crippen molar-refractivity contribution in [1.82, 2.24) is 15.0 Å². The highest BCUT2D eigenvalue weighted by molar-refractivity contribution is 7.91. The molecule has 4 rings (SSSR count). The number of aromatic nitrogens is 3. The maximum absolute atomic E-state index is 13.5. The number of nitrogens with two attached hydrogens (primary N) is 2.